The van der Waals surface area contributed by atoms with Gasteiger partial charge in [0.05, 0.1) is 24.8 Å². The minimum absolute atomic E-state index is 0.0804. The largest absolute Gasteiger partial charge is 0.486 e. The van der Waals surface area contributed by atoms with Gasteiger partial charge >= 0.3 is 0 Å². The van der Waals surface area contributed by atoms with Crippen LogP contribution >= 0.6 is 0 Å². The normalized spacial score (nSPS) is 14.7. The van der Waals surface area contributed by atoms with Crippen LogP contribution in [0.5, 0.6) is 11.5 Å². The summed E-state index contributed by atoms with van der Waals surface area (Å²) in [6, 6.07) is 25.9. The Balaban J connectivity index is 1.15. The van der Waals surface area contributed by atoms with Gasteiger partial charge in [0, 0.05) is 6.20 Å². The molecule has 160 valence electrons. The van der Waals surface area contributed by atoms with Crippen LogP contribution in [0.15, 0.2) is 91.3 Å². The molecular formula is C26H23N3O3. The molecule has 1 N–H and O–H groups in total. The van der Waals surface area contributed by atoms with Gasteiger partial charge in [0.25, 0.3) is 0 Å². The highest BCUT2D eigenvalue weighted by Gasteiger charge is 2.21. The van der Waals surface area contributed by atoms with E-state index in [2.05, 4.69) is 22.5 Å². The highest BCUT2D eigenvalue weighted by Crippen LogP contribution is 2.31. The number of carbonyl (C=O) groups excluding carboxylic acids is 1. The highest BCUT2D eigenvalue weighted by molar-refractivity contribution is 5.92. The standard InChI is InChI=1S/C26H23N3O3/c30-26(14-19-10-12-21(13-11-19)20-6-2-1-3-7-20)28-22-15-27-29(16-22)17-23-18-31-24-8-4-5-9-25(24)32-23/h1-13,15-16,23H,14,17-18H2,(H,28,30). The van der Waals surface area contributed by atoms with Crippen molar-refractivity contribution >= 4 is 11.6 Å². The van der Waals surface area contributed by atoms with E-state index < -0.39 is 0 Å². The second kappa shape index (κ2) is 8.98. The number of hydrogen-bond donors (Lipinski definition) is 1. The van der Waals surface area contributed by atoms with Gasteiger partial charge in [0.15, 0.2) is 17.6 Å². The molecule has 6 heteroatoms. The van der Waals surface area contributed by atoms with E-state index in [0.29, 0.717) is 25.3 Å². The lowest BCUT2D eigenvalue weighted by Crippen LogP contribution is -2.33. The molecule has 1 aliphatic rings. The van der Waals surface area contributed by atoms with Crippen molar-refractivity contribution in [3.8, 4) is 22.6 Å². The number of amides is 1. The van der Waals surface area contributed by atoms with E-state index in [1.54, 1.807) is 17.1 Å². The maximum Gasteiger partial charge on any atom is 0.228 e. The third kappa shape index (κ3) is 4.64. The van der Waals surface area contributed by atoms with Crippen LogP contribution in [0.3, 0.4) is 0 Å². The Bertz CT molecular complexity index is 1200. The molecule has 0 spiro atoms. The van der Waals surface area contributed by atoms with Gasteiger partial charge in [-0.25, -0.2) is 0 Å². The fourth-order valence-corrected chi connectivity index (χ4v) is 3.73. The summed E-state index contributed by atoms with van der Waals surface area (Å²) in [5.41, 5.74) is 3.91. The Morgan fingerprint density at radius 2 is 1.66 bits per heavy atom. The molecule has 4 aromatic rings. The van der Waals surface area contributed by atoms with Crippen LogP contribution in [0.1, 0.15) is 5.56 Å². The summed E-state index contributed by atoms with van der Waals surface area (Å²) < 4.78 is 13.5. The lowest BCUT2D eigenvalue weighted by Gasteiger charge is -2.26. The van der Waals surface area contributed by atoms with Crippen molar-refractivity contribution in [3.05, 3.63) is 96.8 Å². The lowest BCUT2D eigenvalue weighted by atomic mass is 10.0. The molecule has 0 fully saturated rings. The first-order valence-electron chi connectivity index (χ1n) is 10.6. The average Bonchev–Trinajstić information content (AvgIpc) is 3.26. The highest BCUT2D eigenvalue weighted by atomic mass is 16.6. The first-order valence-corrected chi connectivity index (χ1v) is 10.6. The summed E-state index contributed by atoms with van der Waals surface area (Å²) in [6.07, 6.45) is 3.61. The fourth-order valence-electron chi connectivity index (χ4n) is 3.73. The van der Waals surface area contributed by atoms with E-state index in [9.17, 15) is 4.79 Å². The molecule has 1 amide bonds. The molecular weight excluding hydrogens is 402 g/mol. The van der Waals surface area contributed by atoms with Crippen molar-refractivity contribution in [3.63, 3.8) is 0 Å². The van der Waals surface area contributed by atoms with Crippen LogP contribution in [0.2, 0.25) is 0 Å². The second-order valence-corrected chi connectivity index (χ2v) is 7.74. The quantitative estimate of drug-likeness (QED) is 0.491. The van der Waals surface area contributed by atoms with E-state index in [4.69, 9.17) is 9.47 Å². The zero-order valence-electron chi connectivity index (χ0n) is 17.5. The van der Waals surface area contributed by atoms with Crippen LogP contribution < -0.4 is 14.8 Å². The first-order chi connectivity index (χ1) is 15.7. The van der Waals surface area contributed by atoms with Gasteiger partial charge in [-0.15, -0.1) is 0 Å². The number of aromatic nitrogens is 2. The number of nitrogens with zero attached hydrogens (tertiary/aromatic N) is 2. The van der Waals surface area contributed by atoms with E-state index in [1.807, 2.05) is 66.7 Å². The Labute approximate surface area is 186 Å². The fraction of sp³-hybridized carbons (Fsp3) is 0.154. The lowest BCUT2D eigenvalue weighted by molar-refractivity contribution is -0.115. The summed E-state index contributed by atoms with van der Waals surface area (Å²) in [5.74, 6) is 1.42. The van der Waals surface area contributed by atoms with Crippen molar-refractivity contribution in [1.29, 1.82) is 0 Å². The summed E-state index contributed by atoms with van der Waals surface area (Å²) in [6.45, 7) is 0.989. The third-order valence-corrected chi connectivity index (χ3v) is 5.30. The molecule has 32 heavy (non-hydrogen) atoms. The molecule has 5 rings (SSSR count). The minimum atomic E-state index is -0.142. The first kappa shape index (κ1) is 19.9. The molecule has 1 unspecified atom stereocenters. The van der Waals surface area contributed by atoms with Crippen LogP contribution in [0, 0.1) is 0 Å². The monoisotopic (exact) mass is 425 g/mol. The van der Waals surface area contributed by atoms with Crippen molar-refractivity contribution in [2.24, 2.45) is 0 Å². The van der Waals surface area contributed by atoms with E-state index in [1.165, 1.54) is 0 Å². The van der Waals surface area contributed by atoms with E-state index >= 15 is 0 Å². The third-order valence-electron chi connectivity index (χ3n) is 5.30. The molecule has 1 atom stereocenters. The Morgan fingerprint density at radius 3 is 2.47 bits per heavy atom. The molecule has 6 nitrogen and oxygen atoms in total. The van der Waals surface area contributed by atoms with Crippen molar-refractivity contribution in [2.75, 3.05) is 11.9 Å². The van der Waals surface area contributed by atoms with Gasteiger partial charge in [-0.2, -0.15) is 5.10 Å². The molecule has 1 aromatic heterocycles. The molecule has 0 saturated carbocycles. The molecule has 0 aliphatic carbocycles. The van der Waals surface area contributed by atoms with Gasteiger partial charge in [-0.1, -0.05) is 66.7 Å². The SMILES string of the molecule is O=C(Cc1ccc(-c2ccccc2)cc1)Nc1cnn(CC2COc3ccccc3O2)c1. The molecule has 0 radical (unpaired) electrons. The van der Waals surface area contributed by atoms with Gasteiger partial charge in [-0.3, -0.25) is 9.48 Å². The molecule has 0 bridgehead atoms. The van der Waals surface area contributed by atoms with Crippen molar-refractivity contribution in [2.45, 2.75) is 19.1 Å². The topological polar surface area (TPSA) is 65.4 Å². The predicted molar refractivity (Wildman–Crippen MR) is 123 cm³/mol. The molecule has 3 aromatic carbocycles. The summed E-state index contributed by atoms with van der Waals surface area (Å²) >= 11 is 0. The maximum absolute atomic E-state index is 12.5. The molecule has 2 heterocycles. The Morgan fingerprint density at radius 1 is 0.938 bits per heavy atom. The number of fused-ring (bicyclic) bond motifs is 1. The zero-order chi connectivity index (χ0) is 21.8. The van der Waals surface area contributed by atoms with Crippen LogP contribution in [0.25, 0.3) is 11.1 Å². The van der Waals surface area contributed by atoms with Crippen molar-refractivity contribution < 1.29 is 14.3 Å². The second-order valence-electron chi connectivity index (χ2n) is 7.74. The Hall–Kier alpha value is -4.06. The van der Waals surface area contributed by atoms with Gasteiger partial charge < -0.3 is 14.8 Å². The minimum Gasteiger partial charge on any atom is -0.486 e. The van der Waals surface area contributed by atoms with Gasteiger partial charge in [0.1, 0.15) is 6.61 Å². The van der Waals surface area contributed by atoms with E-state index in [-0.39, 0.29) is 12.0 Å². The van der Waals surface area contributed by atoms with Crippen molar-refractivity contribution in [1.82, 2.24) is 9.78 Å². The average molecular weight is 425 g/mol. The number of anilines is 1. The summed E-state index contributed by atoms with van der Waals surface area (Å²) in [7, 11) is 0. The van der Waals surface area contributed by atoms with Crippen LogP contribution in [-0.4, -0.2) is 28.4 Å². The number of nitrogens with one attached hydrogen (secondary N) is 1. The zero-order valence-corrected chi connectivity index (χ0v) is 17.5. The summed E-state index contributed by atoms with van der Waals surface area (Å²) in [4.78, 5) is 12.5. The van der Waals surface area contributed by atoms with Crippen LogP contribution in [-0.2, 0) is 17.8 Å². The number of hydrogen-bond acceptors (Lipinski definition) is 4. The number of rotatable bonds is 6. The smallest absolute Gasteiger partial charge is 0.228 e. The number of benzene rings is 3. The predicted octanol–water partition coefficient (Wildman–Crippen LogP) is 4.57. The van der Waals surface area contributed by atoms with Gasteiger partial charge in [0.2, 0.25) is 5.91 Å². The van der Waals surface area contributed by atoms with E-state index in [0.717, 1.165) is 28.2 Å². The number of para-hydroxylation sites is 2. The summed E-state index contributed by atoms with van der Waals surface area (Å²) in [5, 5.41) is 7.25. The van der Waals surface area contributed by atoms with Gasteiger partial charge in [-0.05, 0) is 28.8 Å². The number of carbonyl (C=O) groups is 1. The maximum atomic E-state index is 12.5. The Kier molecular flexibility index (Phi) is 5.58. The number of ether oxygens (including phenoxy) is 2. The molecule has 0 saturated heterocycles. The molecule has 1 aliphatic heterocycles. The van der Waals surface area contributed by atoms with Crippen LogP contribution in [0.4, 0.5) is 5.69 Å².